The van der Waals surface area contributed by atoms with Gasteiger partial charge in [-0.1, -0.05) is 32.6 Å². The van der Waals surface area contributed by atoms with Gasteiger partial charge in [0.05, 0.1) is 6.07 Å². The smallest absolute Gasteiger partial charge is 0.306 e. The second-order valence-corrected chi connectivity index (χ2v) is 3.94. The molecule has 0 aliphatic carbocycles. The fraction of sp³-hybridized carbons (Fsp3) is 0.692. The Bertz CT molecular complexity index is 264. The van der Waals surface area contributed by atoms with Crippen LogP contribution in [0.3, 0.4) is 0 Å². The minimum absolute atomic E-state index is 0.165. The second-order valence-electron chi connectivity index (χ2n) is 3.94. The minimum atomic E-state index is -0.165. The van der Waals surface area contributed by atoms with Crippen molar-refractivity contribution >= 4 is 5.97 Å². The van der Waals surface area contributed by atoms with Crippen molar-refractivity contribution in [3.05, 3.63) is 11.6 Å². The molecule has 0 heterocycles. The van der Waals surface area contributed by atoms with Crippen LogP contribution in [-0.2, 0) is 9.53 Å². The van der Waals surface area contributed by atoms with Crippen molar-refractivity contribution in [3.8, 4) is 6.07 Å². The number of ether oxygens (including phenoxy) is 1. The van der Waals surface area contributed by atoms with Crippen molar-refractivity contribution in [1.82, 2.24) is 0 Å². The summed E-state index contributed by atoms with van der Waals surface area (Å²) in [7, 11) is 0. The number of unbranched alkanes of at least 4 members (excludes halogenated alkanes) is 4. The van der Waals surface area contributed by atoms with Crippen LogP contribution in [0.15, 0.2) is 11.6 Å². The fourth-order valence-corrected chi connectivity index (χ4v) is 1.29. The van der Waals surface area contributed by atoms with Crippen molar-refractivity contribution in [1.29, 1.82) is 5.26 Å². The third-order valence-corrected chi connectivity index (χ3v) is 2.26. The topological polar surface area (TPSA) is 50.1 Å². The van der Waals surface area contributed by atoms with Gasteiger partial charge in [-0.15, -0.1) is 0 Å². The zero-order valence-corrected chi connectivity index (χ0v) is 10.3. The number of carbonyl (C=O) groups is 1. The fourth-order valence-electron chi connectivity index (χ4n) is 1.29. The highest BCUT2D eigenvalue weighted by Crippen LogP contribution is 2.06. The molecule has 0 radical (unpaired) electrons. The lowest BCUT2D eigenvalue weighted by molar-refractivity contribution is -0.142. The summed E-state index contributed by atoms with van der Waals surface area (Å²) in [5, 5.41) is 8.36. The molecule has 0 aromatic carbocycles. The monoisotopic (exact) mass is 223 g/mol. The average molecular weight is 223 g/mol. The van der Waals surface area contributed by atoms with Gasteiger partial charge in [-0.05, 0) is 18.9 Å². The molecule has 0 aliphatic rings. The van der Waals surface area contributed by atoms with Gasteiger partial charge in [-0.25, -0.2) is 0 Å². The van der Waals surface area contributed by atoms with Crippen LogP contribution in [0.4, 0.5) is 0 Å². The zero-order chi connectivity index (χ0) is 12.2. The Hall–Kier alpha value is -1.30. The van der Waals surface area contributed by atoms with Crippen LogP contribution in [0.25, 0.3) is 0 Å². The van der Waals surface area contributed by atoms with Crippen LogP contribution in [0.1, 0.15) is 52.4 Å². The van der Waals surface area contributed by atoms with Gasteiger partial charge in [0.1, 0.15) is 6.61 Å². The van der Waals surface area contributed by atoms with E-state index in [-0.39, 0.29) is 12.6 Å². The lowest BCUT2D eigenvalue weighted by Gasteiger charge is -2.04. The SMILES string of the molecule is CCCCCCCC(=O)OC/C(C)=C/C#N. The van der Waals surface area contributed by atoms with E-state index in [1.165, 1.54) is 25.3 Å². The highest BCUT2D eigenvalue weighted by atomic mass is 16.5. The van der Waals surface area contributed by atoms with Gasteiger partial charge < -0.3 is 4.74 Å². The predicted molar refractivity (Wildman–Crippen MR) is 63.7 cm³/mol. The molecule has 0 saturated heterocycles. The Kier molecular flexibility index (Phi) is 9.39. The molecule has 16 heavy (non-hydrogen) atoms. The van der Waals surface area contributed by atoms with Gasteiger partial charge >= 0.3 is 5.97 Å². The van der Waals surface area contributed by atoms with Crippen molar-refractivity contribution in [2.45, 2.75) is 52.4 Å². The van der Waals surface area contributed by atoms with Gasteiger partial charge in [0.2, 0.25) is 0 Å². The molecule has 3 heteroatoms. The molecule has 0 amide bonds. The highest BCUT2D eigenvalue weighted by Gasteiger charge is 2.02. The molecule has 0 aromatic rings. The molecule has 0 fully saturated rings. The minimum Gasteiger partial charge on any atom is -0.461 e. The summed E-state index contributed by atoms with van der Waals surface area (Å²) >= 11 is 0. The number of hydrogen-bond acceptors (Lipinski definition) is 3. The summed E-state index contributed by atoms with van der Waals surface area (Å²) in [6, 6.07) is 1.90. The molecular weight excluding hydrogens is 202 g/mol. The maximum Gasteiger partial charge on any atom is 0.306 e. The highest BCUT2D eigenvalue weighted by molar-refractivity contribution is 5.69. The number of carbonyl (C=O) groups excluding carboxylic acids is 1. The molecule has 0 aliphatic heterocycles. The second kappa shape index (κ2) is 10.2. The maximum atomic E-state index is 11.3. The summed E-state index contributed by atoms with van der Waals surface area (Å²) in [5.74, 6) is -0.165. The van der Waals surface area contributed by atoms with Crippen molar-refractivity contribution < 1.29 is 9.53 Å². The van der Waals surface area contributed by atoms with Gasteiger partial charge in [0.25, 0.3) is 0 Å². The first-order chi connectivity index (χ1) is 7.70. The molecule has 0 saturated carbocycles. The normalized spacial score (nSPS) is 10.9. The van der Waals surface area contributed by atoms with Gasteiger partial charge in [0, 0.05) is 12.5 Å². The summed E-state index contributed by atoms with van der Waals surface area (Å²) < 4.78 is 5.00. The zero-order valence-electron chi connectivity index (χ0n) is 10.3. The van der Waals surface area contributed by atoms with Crippen molar-refractivity contribution in [2.24, 2.45) is 0 Å². The molecule has 0 N–H and O–H groups in total. The summed E-state index contributed by atoms with van der Waals surface area (Å²) in [5.41, 5.74) is 0.779. The lowest BCUT2D eigenvalue weighted by Crippen LogP contribution is -2.06. The van der Waals surface area contributed by atoms with E-state index in [1.54, 1.807) is 6.92 Å². The standard InChI is InChI=1S/C13H21NO2/c1-3-4-5-6-7-8-13(15)16-11-12(2)9-10-14/h9H,3-8,11H2,1-2H3/b12-9+. The molecule has 0 bridgehead atoms. The molecule has 0 atom stereocenters. The van der Waals surface area contributed by atoms with Crippen LogP contribution in [0.2, 0.25) is 0 Å². The number of hydrogen-bond donors (Lipinski definition) is 0. The third-order valence-electron chi connectivity index (χ3n) is 2.26. The summed E-state index contributed by atoms with van der Waals surface area (Å²) in [6.45, 7) is 4.18. The average Bonchev–Trinajstić information content (AvgIpc) is 2.26. The number of nitrogens with zero attached hydrogens (tertiary/aromatic N) is 1. The van der Waals surface area contributed by atoms with Crippen LogP contribution in [-0.4, -0.2) is 12.6 Å². The van der Waals surface area contributed by atoms with Crippen LogP contribution < -0.4 is 0 Å². The number of esters is 1. The summed E-state index contributed by atoms with van der Waals surface area (Å²) in [4.78, 5) is 11.3. The number of rotatable bonds is 8. The molecule has 0 unspecified atom stereocenters. The van der Waals surface area contributed by atoms with E-state index >= 15 is 0 Å². The van der Waals surface area contributed by atoms with Crippen molar-refractivity contribution in [3.63, 3.8) is 0 Å². The molecular formula is C13H21NO2. The number of allylic oxidation sites excluding steroid dienone is 1. The van der Waals surface area contributed by atoms with Gasteiger partial charge in [-0.2, -0.15) is 5.26 Å². The largest absolute Gasteiger partial charge is 0.461 e. The number of nitriles is 1. The Morgan fingerprint density at radius 3 is 2.62 bits per heavy atom. The first-order valence-corrected chi connectivity index (χ1v) is 5.91. The molecule has 3 nitrogen and oxygen atoms in total. The van der Waals surface area contributed by atoms with E-state index in [1.807, 2.05) is 6.07 Å². The Labute approximate surface area is 98.1 Å². The maximum absolute atomic E-state index is 11.3. The quantitative estimate of drug-likeness (QED) is 0.360. The van der Waals surface area contributed by atoms with Crippen LogP contribution in [0.5, 0.6) is 0 Å². The van der Waals surface area contributed by atoms with Crippen LogP contribution in [0, 0.1) is 11.3 Å². The van der Waals surface area contributed by atoms with Crippen molar-refractivity contribution in [2.75, 3.05) is 6.61 Å². The van der Waals surface area contributed by atoms with Crippen LogP contribution >= 0.6 is 0 Å². The van der Waals surface area contributed by atoms with E-state index < -0.39 is 0 Å². The summed E-state index contributed by atoms with van der Waals surface area (Å²) in [6.07, 6.45) is 7.52. The van der Waals surface area contributed by atoms with E-state index in [0.717, 1.165) is 18.4 Å². The molecule has 90 valence electrons. The Morgan fingerprint density at radius 2 is 2.00 bits per heavy atom. The Balaban J connectivity index is 3.46. The molecule has 0 rings (SSSR count). The molecule has 0 aromatic heterocycles. The first kappa shape index (κ1) is 14.7. The third kappa shape index (κ3) is 9.26. The van der Waals surface area contributed by atoms with E-state index in [9.17, 15) is 4.79 Å². The Morgan fingerprint density at radius 1 is 1.31 bits per heavy atom. The predicted octanol–water partition coefficient (Wildman–Crippen LogP) is 3.36. The molecule has 0 spiro atoms. The first-order valence-electron chi connectivity index (χ1n) is 5.91. The van der Waals surface area contributed by atoms with Gasteiger partial charge in [0.15, 0.2) is 0 Å². The lowest BCUT2D eigenvalue weighted by atomic mass is 10.1. The van der Waals surface area contributed by atoms with E-state index in [4.69, 9.17) is 10.00 Å². The van der Waals surface area contributed by atoms with E-state index in [2.05, 4.69) is 6.92 Å². The van der Waals surface area contributed by atoms with Gasteiger partial charge in [-0.3, -0.25) is 4.79 Å². The van der Waals surface area contributed by atoms with E-state index in [0.29, 0.717) is 6.42 Å².